The van der Waals surface area contributed by atoms with Gasteiger partial charge in [-0.2, -0.15) is 0 Å². The van der Waals surface area contributed by atoms with Crippen molar-refractivity contribution < 1.29 is 19.7 Å². The molecule has 7 nitrogen and oxygen atoms in total. The van der Waals surface area contributed by atoms with Crippen molar-refractivity contribution in [3.63, 3.8) is 0 Å². The minimum Gasteiger partial charge on any atom is -0.496 e. The van der Waals surface area contributed by atoms with E-state index in [9.17, 15) is 15.0 Å². The Morgan fingerprint density at radius 2 is 1.91 bits per heavy atom. The van der Waals surface area contributed by atoms with Crippen molar-refractivity contribution >= 4 is 22.7 Å². The molecule has 7 heteroatoms. The van der Waals surface area contributed by atoms with Crippen LogP contribution in [0.3, 0.4) is 0 Å². The van der Waals surface area contributed by atoms with E-state index in [1.807, 2.05) is 25.1 Å². The number of nitrogens with one attached hydrogen (secondary N) is 1. The van der Waals surface area contributed by atoms with Crippen LogP contribution in [0.5, 0.6) is 5.75 Å². The molecule has 1 fully saturated rings. The zero-order chi connectivity index (χ0) is 23.8. The predicted octanol–water partition coefficient (Wildman–Crippen LogP) is 4.89. The SMILES string of the molecule is COc1cc2nc(C)nc(N[C@H](C)c3cccc(C)c3)c2cc1C1(O)CCC(C(=O)O)CC1. The van der Waals surface area contributed by atoms with E-state index in [2.05, 4.69) is 47.3 Å². The van der Waals surface area contributed by atoms with Crippen molar-refractivity contribution in [2.45, 2.75) is 58.1 Å². The van der Waals surface area contributed by atoms with Gasteiger partial charge >= 0.3 is 5.97 Å². The summed E-state index contributed by atoms with van der Waals surface area (Å²) in [5.41, 5.74) is 2.57. The number of aryl methyl sites for hydroxylation is 2. The quantitative estimate of drug-likeness (QED) is 0.492. The molecule has 1 saturated carbocycles. The third kappa shape index (κ3) is 4.64. The molecule has 0 bridgehead atoms. The number of methoxy groups -OCH3 is 1. The van der Waals surface area contributed by atoms with E-state index < -0.39 is 17.5 Å². The number of carboxylic acid groups (broad SMARTS) is 1. The molecule has 0 aliphatic heterocycles. The molecule has 1 aliphatic rings. The lowest BCUT2D eigenvalue weighted by Crippen LogP contribution is -2.34. The van der Waals surface area contributed by atoms with Crippen LogP contribution in [0.1, 0.15) is 61.2 Å². The molecule has 1 atom stereocenters. The molecule has 0 saturated heterocycles. The Hall–Kier alpha value is -3.19. The van der Waals surface area contributed by atoms with Crippen LogP contribution in [0.2, 0.25) is 0 Å². The summed E-state index contributed by atoms with van der Waals surface area (Å²) in [5.74, 6) is 0.655. The van der Waals surface area contributed by atoms with Crippen molar-refractivity contribution in [2.24, 2.45) is 5.92 Å². The lowest BCUT2D eigenvalue weighted by molar-refractivity contribution is -0.145. The number of hydrogen-bond donors (Lipinski definition) is 3. The van der Waals surface area contributed by atoms with Gasteiger partial charge in [0.2, 0.25) is 0 Å². The fourth-order valence-electron chi connectivity index (χ4n) is 4.75. The highest BCUT2D eigenvalue weighted by Crippen LogP contribution is 2.45. The van der Waals surface area contributed by atoms with E-state index in [4.69, 9.17) is 4.74 Å². The van der Waals surface area contributed by atoms with Gasteiger partial charge in [0.1, 0.15) is 17.4 Å². The Balaban J connectivity index is 1.75. The molecule has 0 spiro atoms. The summed E-state index contributed by atoms with van der Waals surface area (Å²) in [5, 5.41) is 25.2. The van der Waals surface area contributed by atoms with Gasteiger partial charge in [0.25, 0.3) is 0 Å². The van der Waals surface area contributed by atoms with E-state index in [-0.39, 0.29) is 6.04 Å². The molecular weight excluding hydrogens is 418 g/mol. The van der Waals surface area contributed by atoms with Gasteiger partial charge in [0, 0.05) is 23.1 Å². The monoisotopic (exact) mass is 449 g/mol. The smallest absolute Gasteiger partial charge is 0.306 e. The highest BCUT2D eigenvalue weighted by atomic mass is 16.5. The number of carboxylic acids is 1. The van der Waals surface area contributed by atoms with Crippen molar-refractivity contribution in [1.29, 1.82) is 0 Å². The maximum atomic E-state index is 11.5. The van der Waals surface area contributed by atoms with E-state index in [0.717, 1.165) is 16.5 Å². The fourth-order valence-corrected chi connectivity index (χ4v) is 4.75. The van der Waals surface area contributed by atoms with Crippen LogP contribution < -0.4 is 10.1 Å². The van der Waals surface area contributed by atoms with Crippen molar-refractivity contribution in [1.82, 2.24) is 9.97 Å². The van der Waals surface area contributed by atoms with Crippen molar-refractivity contribution in [3.8, 4) is 5.75 Å². The number of aliphatic carboxylic acids is 1. The molecule has 3 aromatic rings. The molecule has 0 amide bonds. The van der Waals surface area contributed by atoms with Crippen molar-refractivity contribution in [2.75, 3.05) is 12.4 Å². The third-order valence-corrected chi connectivity index (χ3v) is 6.69. The van der Waals surface area contributed by atoms with E-state index in [0.29, 0.717) is 48.6 Å². The zero-order valence-electron chi connectivity index (χ0n) is 19.6. The molecule has 1 heterocycles. The van der Waals surface area contributed by atoms with Gasteiger partial charge in [-0.05, 0) is 58.1 Å². The second kappa shape index (κ2) is 8.98. The van der Waals surface area contributed by atoms with Crippen LogP contribution >= 0.6 is 0 Å². The molecule has 4 rings (SSSR count). The Bertz CT molecular complexity index is 1190. The van der Waals surface area contributed by atoms with Gasteiger partial charge in [-0.3, -0.25) is 4.79 Å². The molecule has 174 valence electrons. The molecule has 33 heavy (non-hydrogen) atoms. The van der Waals surface area contributed by atoms with Crippen LogP contribution in [-0.4, -0.2) is 33.3 Å². The average molecular weight is 450 g/mol. The molecular formula is C26H31N3O4. The summed E-state index contributed by atoms with van der Waals surface area (Å²) in [4.78, 5) is 20.6. The highest BCUT2D eigenvalue weighted by molar-refractivity contribution is 5.91. The van der Waals surface area contributed by atoms with E-state index >= 15 is 0 Å². The zero-order valence-corrected chi connectivity index (χ0v) is 19.6. The van der Waals surface area contributed by atoms with Gasteiger partial charge in [0.05, 0.1) is 24.1 Å². The summed E-state index contributed by atoms with van der Waals surface area (Å²) in [7, 11) is 1.57. The predicted molar refractivity (Wildman–Crippen MR) is 128 cm³/mol. The number of rotatable bonds is 6. The summed E-state index contributed by atoms with van der Waals surface area (Å²) in [6.07, 6.45) is 1.57. The lowest BCUT2D eigenvalue weighted by Gasteiger charge is -2.36. The largest absolute Gasteiger partial charge is 0.496 e. The second-order valence-corrected chi connectivity index (χ2v) is 9.11. The molecule has 1 aliphatic carbocycles. The number of anilines is 1. The summed E-state index contributed by atoms with van der Waals surface area (Å²) in [6, 6.07) is 12.1. The minimum absolute atomic E-state index is 0.0158. The molecule has 3 N–H and O–H groups in total. The van der Waals surface area contributed by atoms with Crippen molar-refractivity contribution in [3.05, 3.63) is 58.9 Å². The normalized spacial score (nSPS) is 21.5. The molecule has 1 aromatic heterocycles. The fraction of sp³-hybridized carbons (Fsp3) is 0.423. The number of benzene rings is 2. The summed E-state index contributed by atoms with van der Waals surface area (Å²) >= 11 is 0. The number of fused-ring (bicyclic) bond motifs is 1. The molecule has 0 radical (unpaired) electrons. The average Bonchev–Trinajstić information content (AvgIpc) is 2.78. The number of ether oxygens (including phenoxy) is 1. The first-order chi connectivity index (χ1) is 15.7. The maximum Gasteiger partial charge on any atom is 0.306 e. The minimum atomic E-state index is -1.16. The van der Waals surface area contributed by atoms with Gasteiger partial charge in [-0.15, -0.1) is 0 Å². The van der Waals surface area contributed by atoms with Gasteiger partial charge in [-0.25, -0.2) is 9.97 Å². The summed E-state index contributed by atoms with van der Waals surface area (Å²) < 4.78 is 5.63. The van der Waals surface area contributed by atoms with Gasteiger partial charge < -0.3 is 20.3 Å². The molecule has 0 unspecified atom stereocenters. The van der Waals surface area contributed by atoms with Crippen LogP contribution in [0.25, 0.3) is 10.9 Å². The van der Waals surface area contributed by atoms with Crippen LogP contribution in [0.15, 0.2) is 36.4 Å². The number of carbonyl (C=O) groups is 1. The number of aromatic nitrogens is 2. The first-order valence-electron chi connectivity index (χ1n) is 11.4. The number of aliphatic hydroxyl groups is 1. The van der Waals surface area contributed by atoms with Crippen LogP contribution in [0.4, 0.5) is 5.82 Å². The topological polar surface area (TPSA) is 105 Å². The number of nitrogens with zero attached hydrogens (tertiary/aromatic N) is 2. The Morgan fingerprint density at radius 1 is 1.18 bits per heavy atom. The summed E-state index contributed by atoms with van der Waals surface area (Å²) in [6.45, 7) is 6.00. The van der Waals surface area contributed by atoms with Gasteiger partial charge in [-0.1, -0.05) is 29.8 Å². The standard InChI is InChI=1S/C26H31N3O4/c1-15-6-5-7-19(12-15)16(2)27-24-20-13-21(23(33-4)14-22(20)28-17(3)29-24)26(32)10-8-18(9-11-26)25(30)31/h5-7,12-14,16,18,32H,8-11H2,1-4H3,(H,30,31)(H,27,28,29)/t16-,18?,26?/m1/s1. The van der Waals surface area contributed by atoms with Crippen LogP contribution in [-0.2, 0) is 10.4 Å². The van der Waals surface area contributed by atoms with Crippen LogP contribution in [0, 0.1) is 19.8 Å². The lowest BCUT2D eigenvalue weighted by atomic mass is 9.74. The van der Waals surface area contributed by atoms with E-state index in [1.165, 1.54) is 5.56 Å². The Labute approximate surface area is 193 Å². The molecule has 2 aromatic carbocycles. The Kier molecular flexibility index (Phi) is 6.26. The Morgan fingerprint density at radius 3 is 2.55 bits per heavy atom. The van der Waals surface area contributed by atoms with E-state index in [1.54, 1.807) is 7.11 Å². The highest BCUT2D eigenvalue weighted by Gasteiger charge is 2.39. The number of hydrogen-bond acceptors (Lipinski definition) is 6. The first-order valence-corrected chi connectivity index (χ1v) is 11.4. The maximum absolute atomic E-state index is 11.5. The van der Waals surface area contributed by atoms with Gasteiger partial charge in [0.15, 0.2) is 0 Å². The third-order valence-electron chi connectivity index (χ3n) is 6.69. The second-order valence-electron chi connectivity index (χ2n) is 9.11. The first kappa shape index (κ1) is 23.0.